The van der Waals surface area contributed by atoms with Crippen molar-refractivity contribution in [2.24, 2.45) is 69.0 Å². The smallest absolute Gasteiger partial charge is 0.334 e. The van der Waals surface area contributed by atoms with E-state index in [4.69, 9.17) is 9.47 Å². The molecule has 0 aromatic heterocycles. The molecule has 0 N–H and O–H groups in total. The quantitative estimate of drug-likeness (QED) is 0.0596. The Kier molecular flexibility index (Phi) is 15.5. The second-order valence-corrected chi connectivity index (χ2v) is 25.1. The molecule has 360 valence electrons. The van der Waals surface area contributed by atoms with E-state index < -0.39 is 0 Å². The Bertz CT molecular complexity index is 1610. The third kappa shape index (κ3) is 9.34. The molecule has 0 bridgehead atoms. The van der Waals surface area contributed by atoms with Crippen LogP contribution in [0.25, 0.3) is 0 Å². The van der Waals surface area contributed by atoms with E-state index in [2.05, 4.69) is 53.7 Å². The van der Waals surface area contributed by atoms with Crippen LogP contribution < -0.4 is 0 Å². The van der Waals surface area contributed by atoms with Gasteiger partial charge in [-0.15, -0.1) is 0 Å². The van der Waals surface area contributed by atoms with Gasteiger partial charge in [-0.3, -0.25) is 0 Å². The summed E-state index contributed by atoms with van der Waals surface area (Å²) in [4.78, 5) is 27.4. The van der Waals surface area contributed by atoms with E-state index in [9.17, 15) is 9.59 Å². The molecular weight excluding hydrogens is 785 g/mol. The number of esters is 2. The van der Waals surface area contributed by atoms with E-state index in [0.29, 0.717) is 22.0 Å². The molecule has 0 heterocycles. The van der Waals surface area contributed by atoms with Crippen molar-refractivity contribution in [1.82, 2.24) is 0 Å². The minimum atomic E-state index is -0.337. The van der Waals surface area contributed by atoms with Gasteiger partial charge in [-0.1, -0.05) is 142 Å². The van der Waals surface area contributed by atoms with Crippen molar-refractivity contribution in [3.8, 4) is 0 Å². The largest absolute Gasteiger partial charge is 0.459 e. The standard InChI is InChI=1S/C60H96O4/c1-9-11-13-15-17-19-21-43-25-29-51-49-27-23-45-39-47(31-35-59(45,7)53(49)33-37-57(43,51)5)63-55(61)41(3)42(4)56(62)64-48-32-36-60(8)46(40-48)24-28-50-52-30-26-44(22-20-18-16-14-12-10-2)58(52,6)38-34-54(50)60/h23-24,43-44,47-54H,9-22,25-40H2,1-8H3/b42-41+/t43-,44-,47-,48+,49-,50-,51-,52+,53-,54+,57+,58-,59-,60+/m0/s1. The number of hydrogen-bond acceptors (Lipinski definition) is 4. The lowest BCUT2D eigenvalue weighted by Crippen LogP contribution is -2.50. The molecule has 0 aliphatic heterocycles. The van der Waals surface area contributed by atoms with E-state index in [0.717, 1.165) is 85.9 Å². The highest BCUT2D eigenvalue weighted by Crippen LogP contribution is 2.68. The lowest BCUT2D eigenvalue weighted by atomic mass is 9.47. The second kappa shape index (κ2) is 20.4. The molecule has 14 atom stereocenters. The van der Waals surface area contributed by atoms with Crippen LogP contribution in [0.5, 0.6) is 0 Å². The summed E-state index contributed by atoms with van der Waals surface area (Å²) in [5.74, 6) is 6.05. The molecule has 0 aromatic rings. The Morgan fingerprint density at radius 3 is 1.30 bits per heavy atom. The zero-order valence-corrected chi connectivity index (χ0v) is 42.8. The molecule has 0 amide bonds. The van der Waals surface area contributed by atoms with Crippen LogP contribution in [0.15, 0.2) is 34.4 Å². The van der Waals surface area contributed by atoms with Crippen LogP contribution in [0, 0.1) is 69.0 Å². The Balaban J connectivity index is 0.815. The molecule has 0 unspecified atom stereocenters. The van der Waals surface area contributed by atoms with Crippen LogP contribution in [0.4, 0.5) is 0 Å². The number of hydrogen-bond donors (Lipinski definition) is 0. The second-order valence-electron chi connectivity index (χ2n) is 25.1. The fourth-order valence-electron chi connectivity index (χ4n) is 17.8. The molecule has 0 spiro atoms. The lowest BCUT2D eigenvalue weighted by molar-refractivity contribution is -0.150. The van der Waals surface area contributed by atoms with E-state index in [-0.39, 0.29) is 35.0 Å². The summed E-state index contributed by atoms with van der Waals surface area (Å²) in [5, 5.41) is 0. The summed E-state index contributed by atoms with van der Waals surface area (Å²) in [5.41, 5.74) is 5.43. The Morgan fingerprint density at radius 1 is 0.500 bits per heavy atom. The predicted molar refractivity (Wildman–Crippen MR) is 265 cm³/mol. The Morgan fingerprint density at radius 2 is 0.891 bits per heavy atom. The van der Waals surface area contributed by atoms with Crippen molar-refractivity contribution in [1.29, 1.82) is 0 Å². The third-order valence-corrected chi connectivity index (χ3v) is 22.0. The average molecular weight is 881 g/mol. The van der Waals surface area contributed by atoms with E-state index in [1.807, 2.05) is 0 Å². The van der Waals surface area contributed by atoms with Gasteiger partial charge in [0, 0.05) is 24.0 Å². The van der Waals surface area contributed by atoms with Crippen LogP contribution in [0.1, 0.15) is 248 Å². The minimum Gasteiger partial charge on any atom is -0.459 e. The van der Waals surface area contributed by atoms with Gasteiger partial charge in [-0.25, -0.2) is 9.59 Å². The van der Waals surface area contributed by atoms with Gasteiger partial charge < -0.3 is 9.47 Å². The predicted octanol–water partition coefficient (Wildman–Crippen LogP) is 16.8. The number of ether oxygens (including phenoxy) is 2. The fraction of sp³-hybridized carbons (Fsp3) is 0.867. The van der Waals surface area contributed by atoms with Gasteiger partial charge in [0.2, 0.25) is 0 Å². The minimum absolute atomic E-state index is 0.115. The molecule has 4 heteroatoms. The van der Waals surface area contributed by atoms with E-state index in [1.54, 1.807) is 25.0 Å². The first-order chi connectivity index (χ1) is 30.8. The molecule has 64 heavy (non-hydrogen) atoms. The summed E-state index contributed by atoms with van der Waals surface area (Å²) < 4.78 is 12.5. The maximum absolute atomic E-state index is 13.7. The van der Waals surface area contributed by atoms with Crippen LogP contribution >= 0.6 is 0 Å². The molecule has 0 aromatic carbocycles. The zero-order valence-electron chi connectivity index (χ0n) is 42.8. The average Bonchev–Trinajstić information content (AvgIpc) is 3.81. The Labute approximate surface area is 393 Å². The topological polar surface area (TPSA) is 52.6 Å². The van der Waals surface area contributed by atoms with Crippen molar-refractivity contribution in [2.75, 3.05) is 0 Å². The van der Waals surface area contributed by atoms with Gasteiger partial charge in [0.05, 0.1) is 0 Å². The lowest BCUT2D eigenvalue weighted by Gasteiger charge is -2.58. The maximum Gasteiger partial charge on any atom is 0.334 e. The van der Waals surface area contributed by atoms with Crippen LogP contribution in [0.3, 0.4) is 0 Å². The Hall–Kier alpha value is -1.84. The number of allylic oxidation sites excluding steroid dienone is 2. The van der Waals surface area contributed by atoms with E-state index in [1.165, 1.54) is 154 Å². The first-order valence-corrected chi connectivity index (χ1v) is 28.2. The number of fused-ring (bicyclic) bond motifs is 10. The molecule has 0 saturated heterocycles. The number of carbonyl (C=O) groups is 2. The highest BCUT2D eigenvalue weighted by molar-refractivity contribution is 5.99. The van der Waals surface area contributed by atoms with Crippen LogP contribution in [-0.4, -0.2) is 24.1 Å². The molecule has 0 radical (unpaired) electrons. The molecule has 8 aliphatic rings. The van der Waals surface area contributed by atoms with Crippen LogP contribution in [-0.2, 0) is 19.1 Å². The van der Waals surface area contributed by atoms with Gasteiger partial charge in [-0.2, -0.15) is 0 Å². The number of rotatable bonds is 18. The molecule has 8 aliphatic carbocycles. The summed E-state index contributed by atoms with van der Waals surface area (Å²) in [6.45, 7) is 18.7. The summed E-state index contributed by atoms with van der Waals surface area (Å²) in [6.07, 6.45) is 44.2. The molecule has 4 nitrogen and oxygen atoms in total. The normalized spacial score (nSPS) is 41.5. The van der Waals surface area contributed by atoms with Crippen molar-refractivity contribution < 1.29 is 19.1 Å². The molecular formula is C60H96O4. The highest BCUT2D eigenvalue weighted by Gasteiger charge is 2.60. The summed E-state index contributed by atoms with van der Waals surface area (Å²) in [7, 11) is 0. The monoisotopic (exact) mass is 881 g/mol. The first-order valence-electron chi connectivity index (χ1n) is 28.2. The SMILES string of the molecule is CCCCCCCC[C@H]1CC[C@@H]2[C@@H]3CC=C4C[C@H](OC(=O)/C(C)=C(\C)C(=O)O[C@H]5CC[C@@]6(C)C(=CC[C@H]7[C@@H]8CC[C@H](CCCCCCCC)[C@@]8(C)CC[C@@H]76)C5)CC[C@@]4(C)[C@@H]3CC[C@@]12C. The van der Waals surface area contributed by atoms with Gasteiger partial charge >= 0.3 is 11.9 Å². The third-order valence-electron chi connectivity index (χ3n) is 22.0. The van der Waals surface area contributed by atoms with Gasteiger partial charge in [0.1, 0.15) is 12.2 Å². The maximum atomic E-state index is 13.7. The zero-order chi connectivity index (χ0) is 45.3. The number of unbranched alkanes of at least 4 members (excludes halogenated alkanes) is 10. The number of carbonyl (C=O) groups excluding carboxylic acids is 2. The van der Waals surface area contributed by atoms with Gasteiger partial charge in [0.25, 0.3) is 0 Å². The van der Waals surface area contributed by atoms with Crippen LogP contribution in [0.2, 0.25) is 0 Å². The van der Waals surface area contributed by atoms with Crippen molar-refractivity contribution in [2.45, 2.75) is 260 Å². The molecule has 6 fully saturated rings. The summed E-state index contributed by atoms with van der Waals surface area (Å²) >= 11 is 0. The first kappa shape index (κ1) is 48.6. The van der Waals surface area contributed by atoms with Gasteiger partial charge in [0.15, 0.2) is 0 Å². The van der Waals surface area contributed by atoms with Gasteiger partial charge in [-0.05, 0) is 186 Å². The van der Waals surface area contributed by atoms with Crippen molar-refractivity contribution in [3.05, 3.63) is 34.4 Å². The van der Waals surface area contributed by atoms with Crippen molar-refractivity contribution >= 4 is 11.9 Å². The van der Waals surface area contributed by atoms with Crippen molar-refractivity contribution in [3.63, 3.8) is 0 Å². The fourth-order valence-corrected chi connectivity index (χ4v) is 17.8. The summed E-state index contributed by atoms with van der Waals surface area (Å²) in [6, 6.07) is 0. The molecule has 8 rings (SSSR count). The molecule has 6 saturated carbocycles. The highest BCUT2D eigenvalue weighted by atomic mass is 16.5. The van der Waals surface area contributed by atoms with E-state index >= 15 is 0 Å².